The molecule has 0 aliphatic rings. The van der Waals surface area contributed by atoms with Crippen LogP contribution < -0.4 is 16.4 Å². The Hall–Kier alpha value is -2.90. The maximum Gasteiger partial charge on any atom is 0.325 e. The summed E-state index contributed by atoms with van der Waals surface area (Å²) in [5.74, 6) is -3.26. The smallest absolute Gasteiger partial charge is 0.325 e. The lowest BCUT2D eigenvalue weighted by atomic mass is 10.1. The molecule has 0 saturated carbocycles. The van der Waals surface area contributed by atoms with Gasteiger partial charge in [0.1, 0.15) is 12.1 Å². The number of carboxylic acid groups (broad SMARTS) is 1. The van der Waals surface area contributed by atoms with Gasteiger partial charge in [0.15, 0.2) is 0 Å². The highest BCUT2D eigenvalue weighted by Gasteiger charge is 2.25. The van der Waals surface area contributed by atoms with Crippen LogP contribution in [0.4, 0.5) is 0 Å². The second-order valence-corrected chi connectivity index (χ2v) is 5.02. The number of carboxylic acids is 1. The van der Waals surface area contributed by atoms with Gasteiger partial charge in [0.25, 0.3) is 0 Å². The quantitative estimate of drug-likeness (QED) is 0.495. The number of hydrogen-bond donors (Lipinski definition) is 4. The third-order valence-electron chi connectivity index (χ3n) is 2.99. The molecule has 8 nitrogen and oxygen atoms in total. The van der Waals surface area contributed by atoms with Crippen molar-refractivity contribution in [3.8, 4) is 0 Å². The van der Waals surface area contributed by atoms with Crippen LogP contribution >= 0.6 is 0 Å². The van der Waals surface area contributed by atoms with Crippen molar-refractivity contribution in [3.05, 3.63) is 35.9 Å². The van der Waals surface area contributed by atoms with Crippen LogP contribution in [0, 0.1) is 0 Å². The Kier molecular flexibility index (Phi) is 6.72. The molecule has 0 saturated heterocycles. The van der Waals surface area contributed by atoms with Crippen molar-refractivity contribution in [1.29, 1.82) is 0 Å². The number of aliphatic carboxylic acids is 1. The Morgan fingerprint density at radius 3 is 2.26 bits per heavy atom. The minimum Gasteiger partial charge on any atom is -0.480 e. The first-order valence-corrected chi connectivity index (χ1v) is 6.94. The van der Waals surface area contributed by atoms with Gasteiger partial charge in [-0.25, -0.2) is 0 Å². The van der Waals surface area contributed by atoms with Gasteiger partial charge >= 0.3 is 5.97 Å². The number of hydrogen-bond acceptors (Lipinski definition) is 4. The highest BCUT2D eigenvalue weighted by Crippen LogP contribution is 2.01. The lowest BCUT2D eigenvalue weighted by Gasteiger charge is -2.18. The second kappa shape index (κ2) is 8.52. The van der Waals surface area contributed by atoms with Crippen molar-refractivity contribution >= 4 is 23.7 Å². The Labute approximate surface area is 133 Å². The fraction of sp³-hybridized carbons (Fsp3) is 0.333. The molecule has 0 spiro atoms. The van der Waals surface area contributed by atoms with Crippen molar-refractivity contribution in [2.75, 3.05) is 0 Å². The summed E-state index contributed by atoms with van der Waals surface area (Å²) >= 11 is 0. The zero-order chi connectivity index (χ0) is 17.4. The van der Waals surface area contributed by atoms with E-state index in [-0.39, 0.29) is 6.42 Å². The number of rotatable bonds is 8. The Morgan fingerprint density at radius 2 is 1.74 bits per heavy atom. The third-order valence-corrected chi connectivity index (χ3v) is 2.99. The van der Waals surface area contributed by atoms with Crippen molar-refractivity contribution in [3.63, 3.8) is 0 Å². The molecule has 8 heteroatoms. The predicted octanol–water partition coefficient (Wildman–Crippen LogP) is -0.821. The number of amides is 3. The number of benzene rings is 1. The molecule has 0 heterocycles. The number of nitrogens with two attached hydrogens (primary N) is 1. The third kappa shape index (κ3) is 6.60. The summed E-state index contributed by atoms with van der Waals surface area (Å²) in [6.45, 7) is 1.27. The van der Waals surface area contributed by atoms with Gasteiger partial charge < -0.3 is 21.5 Å². The minimum absolute atomic E-state index is 0.0257. The Morgan fingerprint density at radius 1 is 1.13 bits per heavy atom. The van der Waals surface area contributed by atoms with Crippen molar-refractivity contribution < 1.29 is 24.3 Å². The largest absolute Gasteiger partial charge is 0.480 e. The van der Waals surface area contributed by atoms with Gasteiger partial charge in [0.05, 0.1) is 12.8 Å². The van der Waals surface area contributed by atoms with E-state index in [9.17, 15) is 19.2 Å². The number of carbonyl (C=O) groups is 4. The van der Waals surface area contributed by atoms with Crippen LogP contribution in [0.15, 0.2) is 30.3 Å². The van der Waals surface area contributed by atoms with E-state index in [1.54, 1.807) is 30.3 Å². The van der Waals surface area contributed by atoms with Gasteiger partial charge in [-0.3, -0.25) is 19.2 Å². The first-order valence-electron chi connectivity index (χ1n) is 6.94. The molecule has 0 aliphatic carbocycles. The number of nitrogens with one attached hydrogen (secondary N) is 2. The van der Waals surface area contributed by atoms with Crippen LogP contribution in [0.25, 0.3) is 0 Å². The van der Waals surface area contributed by atoms with Crippen LogP contribution in [-0.2, 0) is 25.6 Å². The van der Waals surface area contributed by atoms with E-state index in [1.807, 2.05) is 0 Å². The fourth-order valence-electron chi connectivity index (χ4n) is 1.81. The monoisotopic (exact) mass is 321 g/mol. The molecule has 124 valence electrons. The molecule has 23 heavy (non-hydrogen) atoms. The lowest BCUT2D eigenvalue weighted by Crippen LogP contribution is -2.52. The summed E-state index contributed by atoms with van der Waals surface area (Å²) in [6, 6.07) is 6.47. The highest BCUT2D eigenvalue weighted by molar-refractivity contribution is 5.93. The maximum absolute atomic E-state index is 12.0. The molecule has 5 N–H and O–H groups in total. The van der Waals surface area contributed by atoms with Gasteiger partial charge in [-0.15, -0.1) is 0 Å². The van der Waals surface area contributed by atoms with Crippen LogP contribution in [-0.4, -0.2) is 40.9 Å². The van der Waals surface area contributed by atoms with Gasteiger partial charge in [-0.2, -0.15) is 0 Å². The van der Waals surface area contributed by atoms with Gasteiger partial charge in [0.2, 0.25) is 17.7 Å². The summed E-state index contributed by atoms with van der Waals surface area (Å²) < 4.78 is 0. The van der Waals surface area contributed by atoms with E-state index in [2.05, 4.69) is 10.6 Å². The fourth-order valence-corrected chi connectivity index (χ4v) is 1.81. The first kappa shape index (κ1) is 18.1. The molecule has 0 bridgehead atoms. The van der Waals surface area contributed by atoms with Crippen LogP contribution in [0.2, 0.25) is 0 Å². The zero-order valence-corrected chi connectivity index (χ0v) is 12.6. The summed E-state index contributed by atoms with van der Waals surface area (Å²) in [5, 5.41) is 13.4. The average Bonchev–Trinajstić information content (AvgIpc) is 2.46. The standard InChI is InChI=1S/C15H19N3O5/c1-9(15(22)23)17-14(21)11(8-12(16)19)18-13(20)7-10-5-3-2-4-6-10/h2-6,9,11H,7-8H2,1H3,(H2,16,19)(H,17,21)(H,18,20)(H,22,23)/t9-,11+/m0/s1. The summed E-state index contributed by atoms with van der Waals surface area (Å²) in [4.78, 5) is 45.8. The van der Waals surface area contributed by atoms with Crippen molar-refractivity contribution in [2.45, 2.75) is 31.8 Å². The average molecular weight is 321 g/mol. The van der Waals surface area contributed by atoms with Gasteiger partial charge in [-0.05, 0) is 12.5 Å². The van der Waals surface area contributed by atoms with E-state index in [4.69, 9.17) is 10.8 Å². The highest BCUT2D eigenvalue weighted by atomic mass is 16.4. The normalized spacial score (nSPS) is 12.7. The molecule has 1 aromatic carbocycles. The molecule has 1 rings (SSSR count). The molecule has 0 fully saturated rings. The summed E-state index contributed by atoms with van der Waals surface area (Å²) in [7, 11) is 0. The topological polar surface area (TPSA) is 139 Å². The van der Waals surface area contributed by atoms with Crippen LogP contribution in [0.5, 0.6) is 0 Å². The minimum atomic E-state index is -1.23. The van der Waals surface area contributed by atoms with Crippen molar-refractivity contribution in [1.82, 2.24) is 10.6 Å². The Bertz CT molecular complexity index is 588. The van der Waals surface area contributed by atoms with Crippen molar-refractivity contribution in [2.24, 2.45) is 5.73 Å². The zero-order valence-electron chi connectivity index (χ0n) is 12.6. The molecule has 2 atom stereocenters. The predicted molar refractivity (Wildman–Crippen MR) is 81.1 cm³/mol. The molecule has 0 unspecified atom stereocenters. The molecular formula is C15H19N3O5. The Balaban J connectivity index is 2.70. The first-order chi connectivity index (χ1) is 10.8. The van der Waals surface area contributed by atoms with E-state index >= 15 is 0 Å². The van der Waals surface area contributed by atoms with Gasteiger partial charge in [-0.1, -0.05) is 30.3 Å². The maximum atomic E-state index is 12.0. The van der Waals surface area contributed by atoms with E-state index in [1.165, 1.54) is 6.92 Å². The van der Waals surface area contributed by atoms with Crippen LogP contribution in [0.1, 0.15) is 18.9 Å². The number of primary amides is 1. The van der Waals surface area contributed by atoms with E-state index in [0.717, 1.165) is 5.56 Å². The molecule has 0 aromatic heterocycles. The van der Waals surface area contributed by atoms with Gasteiger partial charge in [0, 0.05) is 0 Å². The summed E-state index contributed by atoms with van der Waals surface area (Å²) in [6.07, 6.45) is -0.392. The molecule has 1 aromatic rings. The van der Waals surface area contributed by atoms with E-state index < -0.39 is 42.2 Å². The second-order valence-electron chi connectivity index (χ2n) is 5.02. The molecular weight excluding hydrogens is 302 g/mol. The molecule has 0 aliphatic heterocycles. The lowest BCUT2D eigenvalue weighted by molar-refractivity contribution is -0.141. The summed E-state index contributed by atoms with van der Waals surface area (Å²) in [5.41, 5.74) is 5.80. The van der Waals surface area contributed by atoms with E-state index in [0.29, 0.717) is 0 Å². The number of carbonyl (C=O) groups excluding carboxylic acids is 3. The van der Waals surface area contributed by atoms with Crippen LogP contribution in [0.3, 0.4) is 0 Å². The molecule has 3 amide bonds. The molecule has 0 radical (unpaired) electrons. The SMILES string of the molecule is C[C@H](NC(=O)[C@@H](CC(N)=O)NC(=O)Cc1ccccc1)C(=O)O.